The molecular formula is C19H19N5O3. The molecule has 8 nitrogen and oxygen atoms in total. The van der Waals surface area contributed by atoms with Gasteiger partial charge in [-0.1, -0.05) is 12.1 Å². The standard InChI is InChI=1S/C19H19N5O3/c1-26-14-6-3-7-15(27-2)18(14)19(25)22-17-9-8-16(23-24-17)21-12-13-5-4-10-20-11-13/h3-11H,12H2,1-2H3,(H,21,23)(H,22,24,25). The molecular weight excluding hydrogens is 346 g/mol. The van der Waals surface area contributed by atoms with Crippen LogP contribution < -0.4 is 20.1 Å². The van der Waals surface area contributed by atoms with Crippen LogP contribution in [0, 0.1) is 0 Å². The van der Waals surface area contributed by atoms with Crippen molar-refractivity contribution in [2.24, 2.45) is 0 Å². The lowest BCUT2D eigenvalue weighted by molar-refractivity contribution is 0.102. The molecule has 2 N–H and O–H groups in total. The number of pyridine rings is 1. The Morgan fingerprint density at radius 3 is 2.26 bits per heavy atom. The molecule has 1 amide bonds. The highest BCUT2D eigenvalue weighted by Gasteiger charge is 2.18. The van der Waals surface area contributed by atoms with Crippen molar-refractivity contribution in [1.82, 2.24) is 15.2 Å². The first-order chi connectivity index (χ1) is 13.2. The molecule has 3 rings (SSSR count). The molecule has 27 heavy (non-hydrogen) atoms. The molecule has 0 spiro atoms. The number of hydrogen-bond donors (Lipinski definition) is 2. The summed E-state index contributed by atoms with van der Waals surface area (Å²) in [5.74, 6) is 1.34. The van der Waals surface area contributed by atoms with Gasteiger partial charge in [-0.3, -0.25) is 9.78 Å². The van der Waals surface area contributed by atoms with Crippen molar-refractivity contribution in [2.45, 2.75) is 6.54 Å². The van der Waals surface area contributed by atoms with Gasteiger partial charge < -0.3 is 20.1 Å². The highest BCUT2D eigenvalue weighted by atomic mass is 16.5. The summed E-state index contributed by atoms with van der Waals surface area (Å²) in [5, 5.41) is 13.9. The molecule has 0 saturated carbocycles. The van der Waals surface area contributed by atoms with E-state index in [4.69, 9.17) is 9.47 Å². The summed E-state index contributed by atoms with van der Waals surface area (Å²) >= 11 is 0. The van der Waals surface area contributed by atoms with Gasteiger partial charge in [-0.25, -0.2) is 0 Å². The monoisotopic (exact) mass is 365 g/mol. The lowest BCUT2D eigenvalue weighted by Crippen LogP contribution is -2.16. The summed E-state index contributed by atoms with van der Waals surface area (Å²) in [5.41, 5.74) is 1.32. The SMILES string of the molecule is COc1cccc(OC)c1C(=O)Nc1ccc(NCc2cccnc2)nn1. The number of aromatic nitrogens is 3. The molecule has 0 atom stereocenters. The number of nitrogens with zero attached hydrogens (tertiary/aromatic N) is 3. The van der Waals surface area contributed by atoms with Crippen LogP contribution in [0.1, 0.15) is 15.9 Å². The lowest BCUT2D eigenvalue weighted by Gasteiger charge is -2.12. The highest BCUT2D eigenvalue weighted by Crippen LogP contribution is 2.28. The van der Waals surface area contributed by atoms with Crippen LogP contribution in [0.5, 0.6) is 11.5 Å². The molecule has 8 heteroatoms. The van der Waals surface area contributed by atoms with Gasteiger partial charge in [0.25, 0.3) is 5.91 Å². The van der Waals surface area contributed by atoms with Crippen molar-refractivity contribution in [3.63, 3.8) is 0 Å². The third-order valence-corrected chi connectivity index (χ3v) is 3.76. The number of anilines is 2. The number of carbonyl (C=O) groups is 1. The van der Waals surface area contributed by atoms with Crippen molar-refractivity contribution in [3.8, 4) is 11.5 Å². The molecule has 2 aromatic heterocycles. The number of amides is 1. The van der Waals surface area contributed by atoms with Gasteiger partial charge in [-0.15, -0.1) is 10.2 Å². The minimum Gasteiger partial charge on any atom is -0.496 e. The Bertz CT molecular complexity index is 879. The van der Waals surface area contributed by atoms with Gasteiger partial charge in [0.2, 0.25) is 0 Å². The average Bonchev–Trinajstić information content (AvgIpc) is 2.73. The van der Waals surface area contributed by atoms with E-state index in [0.29, 0.717) is 35.2 Å². The smallest absolute Gasteiger partial charge is 0.264 e. The van der Waals surface area contributed by atoms with E-state index in [1.54, 1.807) is 42.7 Å². The zero-order valence-corrected chi connectivity index (χ0v) is 15.0. The normalized spacial score (nSPS) is 10.1. The number of rotatable bonds is 7. The molecule has 1 aromatic carbocycles. The Morgan fingerprint density at radius 2 is 1.67 bits per heavy atom. The van der Waals surface area contributed by atoms with Crippen molar-refractivity contribution in [3.05, 3.63) is 66.0 Å². The molecule has 0 aliphatic heterocycles. The first kappa shape index (κ1) is 18.1. The number of hydrogen-bond acceptors (Lipinski definition) is 7. The van der Waals surface area contributed by atoms with E-state index < -0.39 is 5.91 Å². The van der Waals surface area contributed by atoms with E-state index in [2.05, 4.69) is 25.8 Å². The van der Waals surface area contributed by atoms with Crippen LogP contribution in [-0.4, -0.2) is 35.3 Å². The zero-order chi connectivity index (χ0) is 19.1. The van der Waals surface area contributed by atoms with Gasteiger partial charge in [-0.2, -0.15) is 0 Å². The quantitative estimate of drug-likeness (QED) is 0.664. The van der Waals surface area contributed by atoms with E-state index >= 15 is 0 Å². The molecule has 138 valence electrons. The summed E-state index contributed by atoms with van der Waals surface area (Å²) in [6.45, 7) is 0.576. The van der Waals surface area contributed by atoms with Crippen LogP contribution in [-0.2, 0) is 6.54 Å². The number of carbonyl (C=O) groups excluding carboxylic acids is 1. The molecule has 0 fully saturated rings. The number of methoxy groups -OCH3 is 2. The molecule has 2 heterocycles. The van der Waals surface area contributed by atoms with Crippen molar-refractivity contribution in [1.29, 1.82) is 0 Å². The minimum atomic E-state index is -0.394. The van der Waals surface area contributed by atoms with Crippen LogP contribution in [0.15, 0.2) is 54.9 Å². The molecule has 0 unspecified atom stereocenters. The topological polar surface area (TPSA) is 98.3 Å². The fourth-order valence-electron chi connectivity index (χ4n) is 2.44. The third-order valence-electron chi connectivity index (χ3n) is 3.76. The zero-order valence-electron chi connectivity index (χ0n) is 15.0. The average molecular weight is 365 g/mol. The molecule has 3 aromatic rings. The summed E-state index contributed by atoms with van der Waals surface area (Å²) in [7, 11) is 2.99. The largest absolute Gasteiger partial charge is 0.496 e. The second kappa shape index (κ2) is 8.61. The van der Waals surface area contributed by atoms with Gasteiger partial charge >= 0.3 is 0 Å². The van der Waals surface area contributed by atoms with Gasteiger partial charge in [0.15, 0.2) is 5.82 Å². The molecule has 0 bridgehead atoms. The van der Waals surface area contributed by atoms with E-state index in [9.17, 15) is 4.79 Å². The van der Waals surface area contributed by atoms with Gasteiger partial charge in [0.1, 0.15) is 22.9 Å². The second-order valence-corrected chi connectivity index (χ2v) is 5.51. The second-order valence-electron chi connectivity index (χ2n) is 5.51. The minimum absolute atomic E-state index is 0.295. The van der Waals surface area contributed by atoms with Crippen LogP contribution in [0.3, 0.4) is 0 Å². The van der Waals surface area contributed by atoms with Crippen molar-refractivity contribution >= 4 is 17.5 Å². The summed E-state index contributed by atoms with van der Waals surface area (Å²) in [6.07, 6.45) is 3.49. The Labute approximate surface area is 156 Å². The summed E-state index contributed by atoms with van der Waals surface area (Å²) < 4.78 is 10.5. The first-order valence-electron chi connectivity index (χ1n) is 8.20. The maximum atomic E-state index is 12.6. The maximum absolute atomic E-state index is 12.6. The summed E-state index contributed by atoms with van der Waals surface area (Å²) in [6, 6.07) is 12.4. The number of nitrogens with one attached hydrogen (secondary N) is 2. The molecule has 0 aliphatic carbocycles. The first-order valence-corrected chi connectivity index (χ1v) is 8.20. The van der Waals surface area contributed by atoms with Gasteiger partial charge in [0.05, 0.1) is 14.2 Å². The molecule has 0 saturated heterocycles. The maximum Gasteiger partial charge on any atom is 0.264 e. The predicted molar refractivity (Wildman–Crippen MR) is 101 cm³/mol. The van der Waals surface area contributed by atoms with Crippen LogP contribution in [0.4, 0.5) is 11.6 Å². The van der Waals surface area contributed by atoms with Crippen molar-refractivity contribution < 1.29 is 14.3 Å². The Kier molecular flexibility index (Phi) is 5.78. The highest BCUT2D eigenvalue weighted by molar-refractivity contribution is 6.07. The molecule has 0 aliphatic rings. The van der Waals surface area contributed by atoms with E-state index in [1.807, 2.05) is 12.1 Å². The van der Waals surface area contributed by atoms with E-state index in [-0.39, 0.29) is 0 Å². The Morgan fingerprint density at radius 1 is 0.963 bits per heavy atom. The van der Waals surface area contributed by atoms with Crippen molar-refractivity contribution in [2.75, 3.05) is 24.9 Å². The number of benzene rings is 1. The molecule has 0 radical (unpaired) electrons. The van der Waals surface area contributed by atoms with Gasteiger partial charge in [0, 0.05) is 18.9 Å². The third kappa shape index (κ3) is 4.49. The van der Waals surface area contributed by atoms with E-state index in [0.717, 1.165) is 5.56 Å². The lowest BCUT2D eigenvalue weighted by atomic mass is 10.1. The van der Waals surface area contributed by atoms with Crippen LogP contribution in [0.25, 0.3) is 0 Å². The van der Waals surface area contributed by atoms with E-state index in [1.165, 1.54) is 14.2 Å². The fraction of sp³-hybridized carbons (Fsp3) is 0.158. The number of ether oxygens (including phenoxy) is 2. The Balaban J connectivity index is 1.67. The van der Waals surface area contributed by atoms with Crippen LogP contribution in [0.2, 0.25) is 0 Å². The van der Waals surface area contributed by atoms with Gasteiger partial charge in [-0.05, 0) is 35.9 Å². The predicted octanol–water partition coefficient (Wildman–Crippen LogP) is 2.75. The Hall–Kier alpha value is -3.68. The fourth-order valence-corrected chi connectivity index (χ4v) is 2.44. The van der Waals surface area contributed by atoms with Crippen LogP contribution >= 0.6 is 0 Å². The summed E-state index contributed by atoms with van der Waals surface area (Å²) in [4.78, 5) is 16.7.